The van der Waals surface area contributed by atoms with Gasteiger partial charge in [-0.15, -0.1) is 0 Å². The Kier molecular flexibility index (Phi) is 5.30. The molecule has 3 heterocycles. The predicted octanol–water partition coefficient (Wildman–Crippen LogP) is 1.45. The van der Waals surface area contributed by atoms with E-state index in [1.807, 2.05) is 41.2 Å². The van der Waals surface area contributed by atoms with Gasteiger partial charge in [0.25, 0.3) is 0 Å². The Labute approximate surface area is 180 Å². The smallest absolute Gasteiger partial charge is 0.237 e. The second-order valence-corrected chi connectivity index (χ2v) is 7.99. The Morgan fingerprint density at radius 3 is 2.90 bits per heavy atom. The van der Waals surface area contributed by atoms with Crippen molar-refractivity contribution in [2.75, 3.05) is 19.6 Å². The zero-order chi connectivity index (χ0) is 21.2. The summed E-state index contributed by atoms with van der Waals surface area (Å²) < 4.78 is 8.04. The minimum atomic E-state index is -0.308. The fourth-order valence-electron chi connectivity index (χ4n) is 4.20. The lowest BCUT2D eigenvalue weighted by Crippen LogP contribution is -2.41. The molecule has 2 amide bonds. The summed E-state index contributed by atoms with van der Waals surface area (Å²) in [5.74, 6) is 0.593. The molecule has 1 saturated heterocycles. The number of amides is 2. The number of carbonyl (C=O) groups is 2. The fourth-order valence-corrected chi connectivity index (χ4v) is 4.20. The summed E-state index contributed by atoms with van der Waals surface area (Å²) in [6, 6.07) is 13.8. The summed E-state index contributed by atoms with van der Waals surface area (Å²) in [6.45, 7) is 1.96. The molecule has 160 valence electrons. The van der Waals surface area contributed by atoms with Gasteiger partial charge in [0.1, 0.15) is 11.9 Å². The molecule has 31 heavy (non-hydrogen) atoms. The number of benzene rings is 2. The molecule has 2 aromatic carbocycles. The van der Waals surface area contributed by atoms with Gasteiger partial charge in [0.05, 0.1) is 18.1 Å². The van der Waals surface area contributed by atoms with Gasteiger partial charge in [-0.25, -0.2) is 0 Å². The lowest BCUT2D eigenvalue weighted by atomic mass is 10.0. The van der Waals surface area contributed by atoms with E-state index in [2.05, 4.69) is 33.2 Å². The molecular formula is C23H25N5O3. The largest absolute Gasteiger partial charge is 0.489 e. The molecule has 1 fully saturated rings. The first-order chi connectivity index (χ1) is 15.2. The van der Waals surface area contributed by atoms with Crippen molar-refractivity contribution in [1.29, 1.82) is 0 Å². The lowest BCUT2D eigenvalue weighted by molar-refractivity contribution is -0.123. The third kappa shape index (κ3) is 4.25. The molecule has 8 heteroatoms. The number of aromatic nitrogens is 2. The van der Waals surface area contributed by atoms with E-state index >= 15 is 0 Å². The Morgan fingerprint density at radius 1 is 1.06 bits per heavy atom. The van der Waals surface area contributed by atoms with Gasteiger partial charge in [0.15, 0.2) is 0 Å². The zero-order valence-corrected chi connectivity index (χ0v) is 17.1. The monoisotopic (exact) mass is 419 g/mol. The molecule has 2 aliphatic rings. The van der Waals surface area contributed by atoms with Gasteiger partial charge < -0.3 is 20.7 Å². The number of nitrogens with one attached hydrogen (secondary N) is 3. The molecule has 0 spiro atoms. The Morgan fingerprint density at radius 2 is 1.97 bits per heavy atom. The average Bonchev–Trinajstić information content (AvgIpc) is 3.40. The van der Waals surface area contributed by atoms with Gasteiger partial charge in [0, 0.05) is 44.1 Å². The summed E-state index contributed by atoms with van der Waals surface area (Å²) >= 11 is 0. The molecule has 0 saturated carbocycles. The number of ether oxygens (including phenoxy) is 1. The number of hydrogen-bond donors (Lipinski definition) is 3. The molecule has 8 nitrogen and oxygen atoms in total. The molecule has 1 aromatic heterocycles. The molecule has 6 bridgehead atoms. The predicted molar refractivity (Wildman–Crippen MR) is 117 cm³/mol. The topological polar surface area (TPSA) is 97.3 Å². The van der Waals surface area contributed by atoms with Crippen LogP contribution in [0.3, 0.4) is 0 Å². The Hall–Kier alpha value is -3.39. The number of carbonyl (C=O) groups excluding carboxylic acids is 2. The van der Waals surface area contributed by atoms with Crippen LogP contribution in [0.4, 0.5) is 0 Å². The van der Waals surface area contributed by atoms with E-state index in [1.165, 1.54) is 0 Å². The van der Waals surface area contributed by atoms with Crippen molar-refractivity contribution in [3.8, 4) is 16.9 Å². The van der Waals surface area contributed by atoms with E-state index in [1.54, 1.807) is 0 Å². The highest BCUT2D eigenvalue weighted by atomic mass is 16.5. The summed E-state index contributed by atoms with van der Waals surface area (Å²) in [7, 11) is 0. The second kappa shape index (κ2) is 8.39. The lowest BCUT2D eigenvalue weighted by Gasteiger charge is -2.14. The van der Waals surface area contributed by atoms with Crippen LogP contribution in [0.25, 0.3) is 22.0 Å². The maximum absolute atomic E-state index is 12.4. The van der Waals surface area contributed by atoms with Crippen LogP contribution in [0.2, 0.25) is 0 Å². The maximum atomic E-state index is 12.4. The molecule has 0 unspecified atom stereocenters. The number of fused-ring (bicyclic) bond motifs is 6. The summed E-state index contributed by atoms with van der Waals surface area (Å²) in [5, 5.41) is 14.7. The van der Waals surface area contributed by atoms with Crippen LogP contribution in [-0.2, 0) is 16.1 Å². The van der Waals surface area contributed by atoms with E-state index in [0.29, 0.717) is 32.6 Å². The first kappa shape index (κ1) is 19.6. The van der Waals surface area contributed by atoms with Crippen LogP contribution in [0, 0.1) is 0 Å². The zero-order valence-electron chi connectivity index (χ0n) is 17.1. The van der Waals surface area contributed by atoms with Crippen LogP contribution in [-0.4, -0.2) is 53.4 Å². The molecular weight excluding hydrogens is 394 g/mol. The highest BCUT2D eigenvalue weighted by Gasteiger charge is 2.30. The second-order valence-electron chi connectivity index (χ2n) is 7.99. The first-order valence-electron chi connectivity index (χ1n) is 10.7. The first-order valence-corrected chi connectivity index (χ1v) is 10.7. The third-order valence-electron chi connectivity index (χ3n) is 5.77. The fraction of sp³-hybridized carbons (Fsp3) is 0.348. The Bertz CT molecular complexity index is 1130. The van der Waals surface area contributed by atoms with Gasteiger partial charge in [-0.05, 0) is 29.3 Å². The third-order valence-corrected chi connectivity index (χ3v) is 5.77. The molecule has 0 radical (unpaired) electrons. The molecule has 3 N–H and O–H groups in total. The van der Waals surface area contributed by atoms with E-state index in [-0.39, 0.29) is 30.4 Å². The summed E-state index contributed by atoms with van der Waals surface area (Å²) in [6.07, 6.45) is 2.76. The van der Waals surface area contributed by atoms with Gasteiger partial charge in [-0.1, -0.05) is 24.3 Å². The van der Waals surface area contributed by atoms with Crippen molar-refractivity contribution in [1.82, 2.24) is 25.7 Å². The van der Waals surface area contributed by atoms with Gasteiger partial charge in [-0.3, -0.25) is 14.3 Å². The highest BCUT2D eigenvalue weighted by molar-refractivity contribution is 5.94. The number of nitrogens with zero attached hydrogens (tertiary/aromatic N) is 2. The van der Waals surface area contributed by atoms with E-state index < -0.39 is 0 Å². The summed E-state index contributed by atoms with van der Waals surface area (Å²) in [5.41, 5.74) is 3.04. The van der Waals surface area contributed by atoms with Crippen LogP contribution in [0.1, 0.15) is 12.8 Å². The Balaban J connectivity index is 1.47. The minimum Gasteiger partial charge on any atom is -0.489 e. The molecule has 5 rings (SSSR count). The normalized spacial score (nSPS) is 22.2. The van der Waals surface area contributed by atoms with Crippen LogP contribution >= 0.6 is 0 Å². The van der Waals surface area contributed by atoms with E-state index in [4.69, 9.17) is 4.74 Å². The standard InChI is InChI=1S/C23H25N5O3/c29-22-7-8-25-23(30)21-12-17(13-26-21)31-16-4-1-3-15(11-16)18-5-2-6-20-19(18)14-28(27-20)10-9-24-22/h1-6,11,14,17,21,26H,7-10,12-13H2,(H,24,29)(H,25,30)/t17-,21-/m0/s1. The number of hydrogen-bond acceptors (Lipinski definition) is 5. The molecule has 2 atom stereocenters. The van der Waals surface area contributed by atoms with Crippen LogP contribution in [0.5, 0.6) is 5.75 Å². The molecule has 0 aliphatic carbocycles. The minimum absolute atomic E-state index is 0.0880. The summed E-state index contributed by atoms with van der Waals surface area (Å²) in [4.78, 5) is 24.5. The average molecular weight is 419 g/mol. The van der Waals surface area contributed by atoms with Gasteiger partial charge in [-0.2, -0.15) is 5.10 Å². The molecule has 3 aromatic rings. The molecule has 2 aliphatic heterocycles. The van der Waals surface area contributed by atoms with E-state index in [0.717, 1.165) is 27.8 Å². The van der Waals surface area contributed by atoms with Crippen molar-refractivity contribution >= 4 is 22.7 Å². The van der Waals surface area contributed by atoms with Crippen molar-refractivity contribution < 1.29 is 14.3 Å². The van der Waals surface area contributed by atoms with Crippen molar-refractivity contribution in [2.24, 2.45) is 0 Å². The van der Waals surface area contributed by atoms with Gasteiger partial charge >= 0.3 is 0 Å². The SMILES string of the molecule is O=C1CCNC(=O)[C@@H]2C[C@@H](CN2)Oc2cccc(c2)-c2cccc3nn(cc23)CCN1. The van der Waals surface area contributed by atoms with Crippen molar-refractivity contribution in [3.05, 3.63) is 48.7 Å². The maximum Gasteiger partial charge on any atom is 0.237 e. The number of rotatable bonds is 0. The quantitative estimate of drug-likeness (QED) is 0.513. The van der Waals surface area contributed by atoms with Crippen LogP contribution < -0.4 is 20.7 Å². The van der Waals surface area contributed by atoms with Gasteiger partial charge in [0.2, 0.25) is 11.8 Å². The van der Waals surface area contributed by atoms with Crippen molar-refractivity contribution in [3.63, 3.8) is 0 Å². The highest BCUT2D eigenvalue weighted by Crippen LogP contribution is 2.31. The van der Waals surface area contributed by atoms with Crippen molar-refractivity contribution in [2.45, 2.75) is 31.5 Å². The van der Waals surface area contributed by atoms with Crippen LogP contribution in [0.15, 0.2) is 48.7 Å². The van der Waals surface area contributed by atoms with E-state index in [9.17, 15) is 9.59 Å².